The zero-order valence-electron chi connectivity index (χ0n) is 46.5. The van der Waals surface area contributed by atoms with Gasteiger partial charge in [-0.25, -0.2) is 0 Å². The number of carbonyl (C=O) groups is 6. The van der Waals surface area contributed by atoms with Gasteiger partial charge in [0.2, 0.25) is 0 Å². The Morgan fingerprint density at radius 3 is 0.662 bits per heavy atom. The Morgan fingerprint density at radius 1 is 0.268 bits per heavy atom. The summed E-state index contributed by atoms with van der Waals surface area (Å²) in [7, 11) is 0. The summed E-state index contributed by atoms with van der Waals surface area (Å²) >= 11 is 0. The van der Waals surface area contributed by atoms with E-state index in [0.29, 0.717) is 32.1 Å². The number of carboxylic acid groups (broad SMARTS) is 2. The molecule has 0 fully saturated rings. The third-order valence-electron chi connectivity index (χ3n) is 14.6. The average molecular weight is 1010 g/mol. The first-order chi connectivity index (χ1) is 34.5. The molecule has 10 heteroatoms. The van der Waals surface area contributed by atoms with Gasteiger partial charge in [-0.3, -0.25) is 28.8 Å². The lowest BCUT2D eigenvalue weighted by molar-refractivity contribution is -0.172. The minimum absolute atomic E-state index is 0.244. The lowest BCUT2D eigenvalue weighted by atomic mass is 9.95. The van der Waals surface area contributed by atoms with Crippen molar-refractivity contribution in [2.75, 3.05) is 0 Å². The second kappa shape index (κ2) is 52.1. The van der Waals surface area contributed by atoms with E-state index in [9.17, 15) is 39.0 Å². The minimum Gasteiger partial charge on any atom is -0.481 e. The summed E-state index contributed by atoms with van der Waals surface area (Å²) in [6.07, 6.45) is 50.0. The summed E-state index contributed by atoms with van der Waals surface area (Å²) < 4.78 is 10.6. The first-order valence-corrected chi connectivity index (χ1v) is 30.5. The number of carboxylic acids is 2. The summed E-state index contributed by atoms with van der Waals surface area (Å²) in [6, 6.07) is 0. The van der Waals surface area contributed by atoms with Crippen molar-refractivity contribution in [2.45, 2.75) is 335 Å². The molecule has 3 unspecified atom stereocenters. The largest absolute Gasteiger partial charge is 0.481 e. The first kappa shape index (κ1) is 68.2. The van der Waals surface area contributed by atoms with Crippen LogP contribution in [0.25, 0.3) is 0 Å². The van der Waals surface area contributed by atoms with Gasteiger partial charge in [-0.1, -0.05) is 297 Å². The quantitative estimate of drug-likeness (QED) is 0.0341. The number of hydrogen-bond donors (Lipinski definition) is 2. The number of hydrogen-bond acceptors (Lipinski definition) is 8. The number of rotatable bonds is 55. The van der Waals surface area contributed by atoms with Gasteiger partial charge < -0.3 is 19.7 Å². The highest BCUT2D eigenvalue weighted by molar-refractivity contribution is 5.93. The van der Waals surface area contributed by atoms with Crippen molar-refractivity contribution in [3.8, 4) is 0 Å². The zero-order chi connectivity index (χ0) is 52.3. The van der Waals surface area contributed by atoms with Crippen molar-refractivity contribution in [1.82, 2.24) is 0 Å². The van der Waals surface area contributed by atoms with Gasteiger partial charge in [0.25, 0.3) is 0 Å². The van der Waals surface area contributed by atoms with E-state index in [2.05, 4.69) is 20.8 Å². The van der Waals surface area contributed by atoms with E-state index in [4.69, 9.17) is 9.47 Å². The van der Waals surface area contributed by atoms with Gasteiger partial charge >= 0.3 is 35.8 Å². The Kier molecular flexibility index (Phi) is 50.1. The second-order valence-corrected chi connectivity index (χ2v) is 21.5. The van der Waals surface area contributed by atoms with E-state index >= 15 is 0 Å². The van der Waals surface area contributed by atoms with E-state index in [-0.39, 0.29) is 6.42 Å². The Labute approximate surface area is 435 Å². The van der Waals surface area contributed by atoms with Crippen LogP contribution in [0.5, 0.6) is 0 Å². The summed E-state index contributed by atoms with van der Waals surface area (Å²) in [4.78, 5) is 77.0. The highest BCUT2D eigenvalue weighted by Gasteiger charge is 2.32. The Bertz CT molecular complexity index is 1280. The van der Waals surface area contributed by atoms with Gasteiger partial charge in [-0.05, 0) is 19.3 Å². The van der Waals surface area contributed by atoms with Crippen LogP contribution in [-0.2, 0) is 38.2 Å². The number of esters is 4. The zero-order valence-corrected chi connectivity index (χ0v) is 46.5. The Morgan fingerprint density at radius 2 is 0.451 bits per heavy atom. The second-order valence-electron chi connectivity index (χ2n) is 21.5. The van der Waals surface area contributed by atoms with Crippen LogP contribution >= 0.6 is 0 Å². The van der Waals surface area contributed by atoms with Crippen LogP contribution in [0.1, 0.15) is 335 Å². The number of unbranched alkanes of at least 4 members (excludes halogenated alkanes) is 40. The van der Waals surface area contributed by atoms with Crippen LogP contribution in [0.2, 0.25) is 0 Å². The van der Waals surface area contributed by atoms with Gasteiger partial charge in [-0.2, -0.15) is 0 Å². The van der Waals surface area contributed by atoms with Crippen LogP contribution in [0.15, 0.2) is 0 Å². The van der Waals surface area contributed by atoms with Crippen molar-refractivity contribution in [2.24, 2.45) is 17.8 Å². The smallest absolute Gasteiger partial charge is 0.317 e. The number of carbonyl (C=O) groups excluding carboxylic acids is 4. The minimum atomic E-state index is -1.15. The molecule has 0 aromatic heterocycles. The van der Waals surface area contributed by atoms with Gasteiger partial charge in [0.1, 0.15) is 0 Å². The van der Waals surface area contributed by atoms with E-state index in [1.165, 1.54) is 193 Å². The molecule has 416 valence electrons. The molecule has 0 aliphatic carbocycles. The van der Waals surface area contributed by atoms with E-state index in [1.54, 1.807) is 0 Å². The molecule has 0 amide bonds. The molecule has 0 aliphatic heterocycles. The van der Waals surface area contributed by atoms with Crippen molar-refractivity contribution in [3.05, 3.63) is 0 Å². The summed E-state index contributed by atoms with van der Waals surface area (Å²) in [5.74, 6) is -8.99. The van der Waals surface area contributed by atoms with Crippen LogP contribution in [0.4, 0.5) is 0 Å². The van der Waals surface area contributed by atoms with Gasteiger partial charge in [0.15, 0.2) is 0 Å². The predicted molar refractivity (Wildman–Crippen MR) is 291 cm³/mol. The van der Waals surface area contributed by atoms with Crippen molar-refractivity contribution >= 4 is 35.8 Å². The lowest BCUT2D eigenvalue weighted by Crippen LogP contribution is -2.30. The van der Waals surface area contributed by atoms with Crippen molar-refractivity contribution in [3.63, 3.8) is 0 Å². The SMILES string of the molecule is CCCCCCCCCCCCCCCCCC(CC(=O)OC(=O)C(CCCCCCCCCCCCCCCC)CC(=O)O)C(=O)OC(=O)C(CCCCCCCCCCCCCCCC)CC(=O)O. The fourth-order valence-corrected chi connectivity index (χ4v) is 9.97. The molecular weight excluding hydrogens is 893 g/mol. The molecule has 2 N–H and O–H groups in total. The Balaban J connectivity index is 5.15. The fourth-order valence-electron chi connectivity index (χ4n) is 9.97. The van der Waals surface area contributed by atoms with Gasteiger partial charge in [-0.15, -0.1) is 0 Å². The maximum Gasteiger partial charge on any atom is 0.317 e. The maximum absolute atomic E-state index is 13.6. The summed E-state index contributed by atoms with van der Waals surface area (Å²) in [5.41, 5.74) is 0. The molecule has 0 heterocycles. The Hall–Kier alpha value is -2.78. The van der Waals surface area contributed by atoms with E-state index in [1.807, 2.05) is 0 Å². The average Bonchev–Trinajstić information content (AvgIpc) is 3.33. The van der Waals surface area contributed by atoms with Crippen molar-refractivity contribution in [1.29, 1.82) is 0 Å². The van der Waals surface area contributed by atoms with Crippen molar-refractivity contribution < 1.29 is 48.5 Å². The molecule has 0 rings (SSSR count). The number of ether oxygens (including phenoxy) is 2. The summed E-state index contributed by atoms with van der Waals surface area (Å²) in [5, 5.41) is 19.2. The molecule has 0 radical (unpaired) electrons. The normalized spacial score (nSPS) is 12.7. The van der Waals surface area contributed by atoms with Gasteiger partial charge in [0.05, 0.1) is 37.0 Å². The first-order valence-electron chi connectivity index (χ1n) is 30.5. The van der Waals surface area contributed by atoms with Gasteiger partial charge in [0, 0.05) is 0 Å². The van der Waals surface area contributed by atoms with E-state index in [0.717, 1.165) is 64.2 Å². The third kappa shape index (κ3) is 46.7. The summed E-state index contributed by atoms with van der Waals surface area (Å²) in [6.45, 7) is 6.72. The lowest BCUT2D eigenvalue weighted by Gasteiger charge is -2.18. The molecular formula is C61H112O10. The van der Waals surface area contributed by atoms with Crippen LogP contribution in [0.3, 0.4) is 0 Å². The monoisotopic (exact) mass is 1000 g/mol. The molecule has 71 heavy (non-hydrogen) atoms. The molecule has 0 saturated heterocycles. The molecule has 0 saturated carbocycles. The maximum atomic E-state index is 13.6. The van der Waals surface area contributed by atoms with E-state index < -0.39 is 72.8 Å². The molecule has 10 nitrogen and oxygen atoms in total. The third-order valence-corrected chi connectivity index (χ3v) is 14.6. The van der Waals surface area contributed by atoms with Crippen LogP contribution < -0.4 is 0 Å². The molecule has 0 aromatic carbocycles. The molecule has 3 atom stereocenters. The fraction of sp³-hybridized carbons (Fsp3) is 0.902. The predicted octanol–water partition coefficient (Wildman–Crippen LogP) is 18.3. The highest BCUT2D eigenvalue weighted by Crippen LogP contribution is 2.24. The highest BCUT2D eigenvalue weighted by atomic mass is 16.6. The molecule has 0 aliphatic rings. The van der Waals surface area contributed by atoms with Crippen LogP contribution in [0, 0.1) is 17.8 Å². The molecule has 0 aromatic rings. The topological polar surface area (TPSA) is 161 Å². The molecule has 0 spiro atoms. The standard InChI is InChI=1S/C61H112O10/c1-4-7-10-13-16-19-22-25-28-31-34-37-40-43-46-49-55(61(69)71-60(68)54(51-57(64)65)48-45-42-39-36-33-30-27-24-21-18-15-12-9-6-3)52-58(66)70-59(67)53(50-56(62)63)47-44-41-38-35-32-29-26-23-20-17-14-11-8-5-2/h53-55H,4-52H2,1-3H3,(H,62,63)(H,64,65). The number of aliphatic carboxylic acids is 2. The van der Waals surface area contributed by atoms with Crippen LogP contribution in [-0.4, -0.2) is 46.0 Å². The molecule has 0 bridgehead atoms.